The van der Waals surface area contributed by atoms with E-state index in [-0.39, 0.29) is 0 Å². The maximum absolute atomic E-state index is 6.81. The van der Waals surface area contributed by atoms with E-state index in [9.17, 15) is 0 Å². The lowest BCUT2D eigenvalue weighted by molar-refractivity contribution is 1.59. The van der Waals surface area contributed by atoms with E-state index in [1.165, 1.54) is 56.9 Å². The van der Waals surface area contributed by atoms with Crippen LogP contribution in [0, 0.1) is 0 Å². The van der Waals surface area contributed by atoms with Gasteiger partial charge in [-0.05, 0) is 62.4 Å². The van der Waals surface area contributed by atoms with Crippen LogP contribution in [0.4, 0.5) is 0 Å². The van der Waals surface area contributed by atoms with E-state index in [2.05, 4.69) is 221 Å². The highest BCUT2D eigenvalue weighted by atomic mass is 79.9. The molecule has 3 aliphatic rings. The van der Waals surface area contributed by atoms with Crippen molar-refractivity contribution in [2.75, 3.05) is 0 Å². The molecule has 0 aromatic heterocycles. The van der Waals surface area contributed by atoms with Gasteiger partial charge >= 0.3 is 0 Å². The molecule has 0 nitrogen and oxygen atoms in total. The lowest BCUT2D eigenvalue weighted by Gasteiger charge is -2.17. The largest absolute Gasteiger partial charge is 0.142 e. The summed E-state index contributed by atoms with van der Waals surface area (Å²) in [5.41, 5.74) is 14.6. The maximum Gasteiger partial charge on any atom is 0.142 e. The zero-order chi connectivity index (χ0) is 45.1. The Bertz CT molecular complexity index is 2310. The van der Waals surface area contributed by atoms with Gasteiger partial charge in [-0.1, -0.05) is 304 Å². The molecule has 0 atom stereocenters. The molecule has 9 heteroatoms. The summed E-state index contributed by atoms with van der Waals surface area (Å²) in [6.07, 6.45) is 0. The quantitative estimate of drug-likeness (QED) is 0.146. The molecule has 0 unspecified atom stereocenters. The zero-order valence-electron chi connectivity index (χ0n) is 36.1. The molecule has 0 bridgehead atoms. The number of rotatable bonds is 6. The van der Waals surface area contributed by atoms with E-state index < -0.39 is 24.2 Å². The Hall–Kier alpha value is -3.28. The summed E-state index contributed by atoms with van der Waals surface area (Å²) < 4.78 is 6.93. The summed E-state index contributed by atoms with van der Waals surface area (Å²) in [7, 11) is -5.39. The lowest BCUT2D eigenvalue weighted by atomic mass is 9.95. The molecule has 0 fully saturated rings. The van der Waals surface area contributed by atoms with E-state index >= 15 is 0 Å². The summed E-state index contributed by atoms with van der Waals surface area (Å²) in [6.45, 7) is 13.7. The molecule has 318 valence electrons. The second-order valence-electron chi connectivity index (χ2n) is 17.2. The van der Waals surface area contributed by atoms with Crippen molar-refractivity contribution in [2.45, 2.75) is 39.3 Å². The monoisotopic (exact) mass is 1120 g/mol. The van der Waals surface area contributed by atoms with Crippen LogP contribution in [0.1, 0.15) is 33.4 Å². The van der Waals surface area contributed by atoms with Crippen LogP contribution in [0.3, 0.4) is 0 Å². The van der Waals surface area contributed by atoms with Crippen molar-refractivity contribution in [3.05, 3.63) is 242 Å². The fourth-order valence-electron chi connectivity index (χ4n) is 8.08. The smallest absolute Gasteiger partial charge is 0.0931 e. The van der Waals surface area contributed by atoms with Crippen LogP contribution < -0.4 is 0 Å². The first-order valence-corrected chi connectivity index (χ1v) is 33.4. The minimum Gasteiger partial charge on any atom is -0.0931 e. The highest BCUT2D eigenvalue weighted by molar-refractivity contribution is 9.14. The fraction of sp³-hybridized carbons (Fsp3) is 0.111. The number of benzene rings is 6. The summed E-state index contributed by atoms with van der Waals surface area (Å²) in [4.78, 5) is 0. The highest BCUT2D eigenvalue weighted by Crippen LogP contribution is 2.54. The molecule has 9 rings (SSSR count). The van der Waals surface area contributed by atoms with Crippen molar-refractivity contribution in [2.24, 2.45) is 0 Å². The van der Waals surface area contributed by atoms with Gasteiger partial charge in [0.05, 0.1) is 0 Å². The molecular weight excluding hydrogens is 1080 g/mol. The average molecular weight is 1130 g/mol. The molecular formula is C54H48Br3Cl3Si3. The van der Waals surface area contributed by atoms with Gasteiger partial charge in [0.15, 0.2) is 0 Å². The molecule has 0 radical (unpaired) electrons. The maximum atomic E-state index is 6.81. The minimum atomic E-state index is -1.95. The van der Waals surface area contributed by atoms with Crippen molar-refractivity contribution in [1.29, 1.82) is 0 Å². The first kappa shape index (κ1) is 47.7. The Labute approximate surface area is 417 Å². The van der Waals surface area contributed by atoms with Gasteiger partial charge in [-0.15, -0.1) is 0 Å². The van der Waals surface area contributed by atoms with Crippen molar-refractivity contribution in [3.8, 4) is 0 Å². The minimum absolute atomic E-state index is 0.942. The normalized spacial score (nSPS) is 17.5. The second kappa shape index (κ2) is 20.1. The molecule has 0 amide bonds. The first-order valence-electron chi connectivity index (χ1n) is 20.8. The topological polar surface area (TPSA) is 0 Å². The molecule has 63 heavy (non-hydrogen) atoms. The summed E-state index contributed by atoms with van der Waals surface area (Å²) in [5, 5.41) is 0. The van der Waals surface area contributed by atoms with Gasteiger partial charge in [0.2, 0.25) is 0 Å². The Morgan fingerprint density at radius 2 is 0.429 bits per heavy atom. The Morgan fingerprint density at radius 3 is 0.683 bits per heavy atom. The van der Waals surface area contributed by atoms with E-state index in [4.69, 9.17) is 34.8 Å². The molecule has 3 aliphatic heterocycles. The van der Waals surface area contributed by atoms with E-state index in [1.54, 1.807) is 0 Å². The number of hydrogen-bond acceptors (Lipinski definition) is 0. The third-order valence-electron chi connectivity index (χ3n) is 11.7. The van der Waals surface area contributed by atoms with Crippen LogP contribution in [-0.2, 0) is 0 Å². The molecule has 0 saturated carbocycles. The van der Waals surface area contributed by atoms with E-state index in [0.29, 0.717) is 0 Å². The van der Waals surface area contributed by atoms with Crippen molar-refractivity contribution >= 4 is 140 Å². The van der Waals surface area contributed by atoms with Crippen LogP contribution in [-0.4, -0.2) is 24.2 Å². The van der Waals surface area contributed by atoms with Gasteiger partial charge in [0, 0.05) is 30.7 Å². The molecule has 0 aliphatic carbocycles. The number of hydrogen-bond donors (Lipinski definition) is 0. The Morgan fingerprint density at radius 1 is 0.254 bits per heavy atom. The Kier molecular flexibility index (Phi) is 15.2. The van der Waals surface area contributed by atoms with Gasteiger partial charge in [0.25, 0.3) is 0 Å². The molecule has 3 heterocycles. The van der Waals surface area contributed by atoms with Crippen molar-refractivity contribution in [1.82, 2.24) is 0 Å². The van der Waals surface area contributed by atoms with Crippen LogP contribution >= 0.6 is 82.6 Å². The highest BCUT2D eigenvalue weighted by Gasteiger charge is 2.43. The van der Waals surface area contributed by atoms with Crippen LogP contribution in [0.15, 0.2) is 208 Å². The van der Waals surface area contributed by atoms with Crippen LogP contribution in [0.25, 0.3) is 33.4 Å². The molecule has 6 aromatic rings. The van der Waals surface area contributed by atoms with E-state index in [1.807, 2.05) is 48.5 Å². The van der Waals surface area contributed by atoms with Crippen LogP contribution in [0.2, 0.25) is 39.3 Å². The predicted molar refractivity (Wildman–Crippen MR) is 297 cm³/mol. The fourth-order valence-corrected chi connectivity index (χ4v) is 19.8. The van der Waals surface area contributed by atoms with Gasteiger partial charge in [-0.3, -0.25) is 0 Å². The van der Waals surface area contributed by atoms with E-state index in [0.717, 1.165) is 36.2 Å². The third kappa shape index (κ3) is 9.54. The van der Waals surface area contributed by atoms with Gasteiger partial charge in [0.1, 0.15) is 24.2 Å². The standard InChI is InChI=1S/C18H16Br2Si.C18H16BrClSi.C18H16Cl2Si/c3*1-21(2)17(19)15(13-9-5-3-6-10-13)16(18(21)20)14-11-7-4-8-12-14/h3*3-12H,1-2H3. The lowest BCUT2D eigenvalue weighted by Crippen LogP contribution is -2.25. The summed E-state index contributed by atoms with van der Waals surface area (Å²) in [5.74, 6) is 0. The van der Waals surface area contributed by atoms with Gasteiger partial charge < -0.3 is 0 Å². The summed E-state index contributed by atoms with van der Waals surface area (Å²) >= 11 is 32.0. The predicted octanol–water partition coefficient (Wildman–Crippen LogP) is 18.7. The Balaban J connectivity index is 0.000000142. The SMILES string of the molecule is C[Si]1(C)C(Br)=C(c2ccccc2)C(c2ccccc2)=C1Br.C[Si]1(C)C(Cl)=C(c2ccccc2)C(c2ccccc2)=C1Br.C[Si]1(C)C(Cl)=C(c2ccccc2)C(c2ccccc2)=C1Cl. The van der Waals surface area contributed by atoms with Gasteiger partial charge in [-0.25, -0.2) is 0 Å². The zero-order valence-corrected chi connectivity index (χ0v) is 46.1. The summed E-state index contributed by atoms with van der Waals surface area (Å²) in [6, 6.07) is 62.8. The van der Waals surface area contributed by atoms with Crippen LogP contribution in [0.5, 0.6) is 0 Å². The first-order chi connectivity index (χ1) is 30.1. The average Bonchev–Trinajstić information content (AvgIpc) is 3.71. The molecule has 0 spiro atoms. The third-order valence-corrected chi connectivity index (χ3v) is 34.7. The van der Waals surface area contributed by atoms with Gasteiger partial charge in [-0.2, -0.15) is 0 Å². The second-order valence-corrected chi connectivity index (χ2v) is 36.6. The molecule has 0 N–H and O–H groups in total. The number of allylic oxidation sites excluding steroid dienone is 6. The number of halogens is 6. The van der Waals surface area contributed by atoms with Crippen molar-refractivity contribution < 1.29 is 0 Å². The van der Waals surface area contributed by atoms with Crippen molar-refractivity contribution in [3.63, 3.8) is 0 Å². The molecule has 0 saturated heterocycles. The molecule has 6 aromatic carbocycles.